The van der Waals surface area contributed by atoms with Gasteiger partial charge in [0.15, 0.2) is 0 Å². The first-order chi connectivity index (χ1) is 7.65. The molecule has 1 fully saturated rings. The Bertz CT molecular complexity index is 248. The van der Waals surface area contributed by atoms with Crippen molar-refractivity contribution in [2.45, 2.75) is 58.2 Å². The second-order valence-electron chi connectivity index (χ2n) is 4.44. The van der Waals surface area contributed by atoms with Crippen LogP contribution in [0.1, 0.15) is 46.0 Å². The van der Waals surface area contributed by atoms with Crippen molar-refractivity contribution in [3.8, 4) is 0 Å². The number of epoxide rings is 1. The molecule has 16 heavy (non-hydrogen) atoms. The number of carbonyl (C=O) groups excluding carboxylic acids is 1. The van der Waals surface area contributed by atoms with Crippen LogP contribution < -0.4 is 0 Å². The minimum atomic E-state index is -0.319. The molecule has 3 nitrogen and oxygen atoms in total. The summed E-state index contributed by atoms with van der Waals surface area (Å²) in [4.78, 5) is 11.1. The van der Waals surface area contributed by atoms with Crippen LogP contribution in [0.5, 0.6) is 0 Å². The van der Waals surface area contributed by atoms with Crippen molar-refractivity contribution in [3.63, 3.8) is 0 Å². The molecule has 1 aliphatic heterocycles. The molecule has 2 atom stereocenters. The smallest absolute Gasteiger partial charge is 0.333 e. The maximum atomic E-state index is 11.1. The molecule has 0 aliphatic carbocycles. The van der Waals surface area contributed by atoms with Crippen molar-refractivity contribution in [3.05, 3.63) is 12.2 Å². The summed E-state index contributed by atoms with van der Waals surface area (Å²) in [6, 6.07) is 0. The molecule has 0 bridgehead atoms. The molecular weight excluding hydrogens is 204 g/mol. The van der Waals surface area contributed by atoms with Crippen molar-refractivity contribution in [1.29, 1.82) is 0 Å². The highest BCUT2D eigenvalue weighted by atomic mass is 16.6. The Balaban J connectivity index is 1.98. The normalized spacial score (nSPS) is 22.9. The number of unbranched alkanes of at least 4 members (excludes halogenated alkanes) is 3. The summed E-state index contributed by atoms with van der Waals surface area (Å²) in [7, 11) is 0. The van der Waals surface area contributed by atoms with Crippen LogP contribution in [0.4, 0.5) is 0 Å². The van der Waals surface area contributed by atoms with Crippen molar-refractivity contribution >= 4 is 5.97 Å². The molecule has 0 aromatic rings. The lowest BCUT2D eigenvalue weighted by atomic mass is 10.1. The summed E-state index contributed by atoms with van der Waals surface area (Å²) in [5.74, 6) is -0.319. The molecule has 1 saturated heterocycles. The Labute approximate surface area is 97.8 Å². The van der Waals surface area contributed by atoms with Gasteiger partial charge in [-0.1, -0.05) is 39.2 Å². The fourth-order valence-electron chi connectivity index (χ4n) is 1.63. The monoisotopic (exact) mass is 226 g/mol. The van der Waals surface area contributed by atoms with E-state index in [2.05, 4.69) is 13.5 Å². The molecule has 0 radical (unpaired) electrons. The highest BCUT2D eigenvalue weighted by Gasteiger charge is 2.38. The van der Waals surface area contributed by atoms with Gasteiger partial charge in [0.2, 0.25) is 0 Å². The number of hydrogen-bond acceptors (Lipinski definition) is 3. The lowest BCUT2D eigenvalue weighted by Gasteiger charge is -2.01. The summed E-state index contributed by atoms with van der Waals surface area (Å²) in [6.45, 7) is 7.76. The van der Waals surface area contributed by atoms with E-state index >= 15 is 0 Å². The first-order valence-electron chi connectivity index (χ1n) is 6.13. The molecule has 0 saturated carbocycles. The molecule has 0 spiro atoms. The van der Waals surface area contributed by atoms with Crippen molar-refractivity contribution in [1.82, 2.24) is 0 Å². The van der Waals surface area contributed by atoms with Gasteiger partial charge >= 0.3 is 5.97 Å². The lowest BCUT2D eigenvalue weighted by molar-refractivity contribution is -0.139. The lowest BCUT2D eigenvalue weighted by Crippen LogP contribution is -2.11. The Kier molecular flexibility index (Phi) is 5.53. The Hall–Kier alpha value is -0.830. The van der Waals surface area contributed by atoms with E-state index in [1.165, 1.54) is 25.7 Å². The van der Waals surface area contributed by atoms with Crippen LogP contribution in [-0.4, -0.2) is 24.8 Å². The zero-order valence-electron chi connectivity index (χ0n) is 10.3. The van der Waals surface area contributed by atoms with Gasteiger partial charge in [0.25, 0.3) is 0 Å². The van der Waals surface area contributed by atoms with E-state index in [1.54, 1.807) is 6.92 Å². The van der Waals surface area contributed by atoms with Gasteiger partial charge in [0, 0.05) is 5.57 Å². The van der Waals surface area contributed by atoms with E-state index in [1.807, 2.05) is 0 Å². The molecule has 1 rings (SSSR count). The summed E-state index contributed by atoms with van der Waals surface area (Å²) < 4.78 is 10.4. The van der Waals surface area contributed by atoms with E-state index in [-0.39, 0.29) is 12.1 Å². The first-order valence-corrected chi connectivity index (χ1v) is 6.13. The van der Waals surface area contributed by atoms with Crippen LogP contribution in [0, 0.1) is 0 Å². The van der Waals surface area contributed by atoms with Crippen LogP contribution in [0.3, 0.4) is 0 Å². The highest BCUT2D eigenvalue weighted by molar-refractivity contribution is 5.86. The Morgan fingerprint density at radius 2 is 2.06 bits per heavy atom. The molecule has 2 unspecified atom stereocenters. The average Bonchev–Trinajstić information content (AvgIpc) is 2.99. The van der Waals surface area contributed by atoms with Crippen molar-refractivity contribution in [2.75, 3.05) is 6.61 Å². The molecule has 1 heterocycles. The van der Waals surface area contributed by atoms with Gasteiger partial charge in [-0.3, -0.25) is 0 Å². The second kappa shape index (κ2) is 6.69. The molecule has 1 aliphatic rings. The highest BCUT2D eigenvalue weighted by Crippen LogP contribution is 2.27. The first kappa shape index (κ1) is 13.2. The Morgan fingerprint density at radius 3 is 2.69 bits per heavy atom. The maximum absolute atomic E-state index is 11.1. The third kappa shape index (κ3) is 4.79. The summed E-state index contributed by atoms with van der Waals surface area (Å²) >= 11 is 0. The topological polar surface area (TPSA) is 38.8 Å². The molecule has 92 valence electrons. The van der Waals surface area contributed by atoms with Crippen molar-refractivity contribution in [2.24, 2.45) is 0 Å². The fraction of sp³-hybridized carbons (Fsp3) is 0.769. The molecule has 3 heteroatoms. The number of ether oxygens (including phenoxy) is 2. The van der Waals surface area contributed by atoms with Crippen LogP contribution in [0.25, 0.3) is 0 Å². The van der Waals surface area contributed by atoms with E-state index in [9.17, 15) is 4.79 Å². The number of carbonyl (C=O) groups is 1. The zero-order valence-corrected chi connectivity index (χ0v) is 10.3. The molecular formula is C13H22O3. The minimum Gasteiger partial charge on any atom is -0.459 e. The van der Waals surface area contributed by atoms with Gasteiger partial charge in [-0.25, -0.2) is 4.79 Å². The van der Waals surface area contributed by atoms with Crippen LogP contribution in [0.15, 0.2) is 12.2 Å². The number of hydrogen-bond donors (Lipinski definition) is 0. The fourth-order valence-corrected chi connectivity index (χ4v) is 1.63. The molecule has 0 aromatic heterocycles. The molecule has 0 aromatic carbocycles. The Morgan fingerprint density at radius 1 is 1.31 bits per heavy atom. The predicted molar refractivity (Wildman–Crippen MR) is 63.2 cm³/mol. The van der Waals surface area contributed by atoms with Crippen LogP contribution >= 0.6 is 0 Å². The van der Waals surface area contributed by atoms with Crippen LogP contribution in [-0.2, 0) is 14.3 Å². The average molecular weight is 226 g/mol. The van der Waals surface area contributed by atoms with E-state index in [4.69, 9.17) is 9.47 Å². The van der Waals surface area contributed by atoms with E-state index < -0.39 is 0 Å². The van der Waals surface area contributed by atoms with E-state index in [0.29, 0.717) is 18.3 Å². The summed E-state index contributed by atoms with van der Waals surface area (Å²) in [5.41, 5.74) is 0.445. The van der Waals surface area contributed by atoms with Gasteiger partial charge in [0.1, 0.15) is 12.7 Å². The summed E-state index contributed by atoms with van der Waals surface area (Å²) in [5, 5.41) is 0. The number of esters is 1. The maximum Gasteiger partial charge on any atom is 0.333 e. The standard InChI is InChI=1S/C13H22O3/c1-4-5-6-7-8-11-12(16-11)9-15-13(14)10(2)3/h11-12H,2,4-9H2,1,3H3. The van der Waals surface area contributed by atoms with Gasteiger partial charge < -0.3 is 9.47 Å². The number of rotatable bonds is 8. The predicted octanol–water partition coefficient (Wildman–Crippen LogP) is 2.84. The zero-order chi connectivity index (χ0) is 12.0. The minimum absolute atomic E-state index is 0.130. The van der Waals surface area contributed by atoms with Gasteiger partial charge in [-0.05, 0) is 13.3 Å². The van der Waals surface area contributed by atoms with E-state index in [0.717, 1.165) is 6.42 Å². The summed E-state index contributed by atoms with van der Waals surface area (Å²) in [6.07, 6.45) is 6.57. The van der Waals surface area contributed by atoms with Gasteiger partial charge in [-0.2, -0.15) is 0 Å². The van der Waals surface area contributed by atoms with Crippen molar-refractivity contribution < 1.29 is 14.3 Å². The van der Waals surface area contributed by atoms with Crippen LogP contribution in [0.2, 0.25) is 0 Å². The second-order valence-corrected chi connectivity index (χ2v) is 4.44. The molecule has 0 N–H and O–H groups in total. The quantitative estimate of drug-likeness (QED) is 0.276. The SMILES string of the molecule is C=C(C)C(=O)OCC1OC1CCCCCC. The largest absolute Gasteiger partial charge is 0.459 e. The third-order valence-corrected chi connectivity index (χ3v) is 2.76. The molecule has 0 amide bonds. The van der Waals surface area contributed by atoms with Gasteiger partial charge in [-0.15, -0.1) is 0 Å². The van der Waals surface area contributed by atoms with Gasteiger partial charge in [0.05, 0.1) is 6.10 Å². The third-order valence-electron chi connectivity index (χ3n) is 2.76.